The van der Waals surface area contributed by atoms with E-state index >= 15 is 0 Å². The largest absolute Gasteiger partial charge is 0.320 e. The molecule has 0 fully saturated rings. The van der Waals surface area contributed by atoms with Gasteiger partial charge >= 0.3 is 0 Å². The van der Waals surface area contributed by atoms with E-state index in [0.717, 1.165) is 15.7 Å². The van der Waals surface area contributed by atoms with Gasteiger partial charge in [-0.2, -0.15) is 0 Å². The van der Waals surface area contributed by atoms with Crippen molar-refractivity contribution >= 4 is 39.1 Å². The second-order valence-corrected chi connectivity index (χ2v) is 5.65. The van der Waals surface area contributed by atoms with Gasteiger partial charge in [0, 0.05) is 10.0 Å². The number of hydrogen-bond acceptors (Lipinski definition) is 1. The Bertz CT molecular complexity index is 687. The number of benzene rings is 2. The number of nitrogens with one attached hydrogen (secondary N) is 1. The predicted octanol–water partition coefficient (Wildman–Crippen LogP) is 4.59. The average Bonchev–Trinajstić information content (AvgIpc) is 2.67. The van der Waals surface area contributed by atoms with E-state index in [2.05, 4.69) is 15.9 Å². The predicted molar refractivity (Wildman–Crippen MR) is 78.6 cm³/mol. The van der Waals surface area contributed by atoms with Crippen LogP contribution >= 0.6 is 27.5 Å². The van der Waals surface area contributed by atoms with Crippen molar-refractivity contribution in [3.63, 3.8) is 0 Å². The first-order valence-electron chi connectivity index (χ1n) is 5.66. The number of nitrogens with zero attached hydrogens (tertiary/aromatic N) is 1. The van der Waals surface area contributed by atoms with Crippen LogP contribution in [-0.4, -0.2) is 5.84 Å². The standard InChI is InChI=1S/C14H9BrClFN2/c15-9-2-4-13(12(16)5-9)19-7-8-1-3-10(17)6-11(8)14(19)18/h1-6,18H,7H2. The van der Waals surface area contributed by atoms with E-state index in [1.165, 1.54) is 12.1 Å². The minimum absolute atomic E-state index is 0.277. The number of fused-ring (bicyclic) bond motifs is 1. The summed E-state index contributed by atoms with van der Waals surface area (Å²) in [5.41, 5.74) is 2.32. The SMILES string of the molecule is N=C1c2cc(F)ccc2CN1c1ccc(Br)cc1Cl. The third-order valence-electron chi connectivity index (χ3n) is 3.13. The van der Waals surface area contributed by atoms with Crippen molar-refractivity contribution in [1.29, 1.82) is 5.41 Å². The summed E-state index contributed by atoms with van der Waals surface area (Å²) in [5, 5.41) is 8.72. The molecule has 1 aliphatic heterocycles. The third-order valence-corrected chi connectivity index (χ3v) is 3.92. The number of amidine groups is 1. The Kier molecular flexibility index (Phi) is 3.07. The molecule has 2 nitrogen and oxygen atoms in total. The molecule has 0 bridgehead atoms. The summed E-state index contributed by atoms with van der Waals surface area (Å²) >= 11 is 9.56. The van der Waals surface area contributed by atoms with Crippen molar-refractivity contribution in [3.8, 4) is 0 Å². The minimum atomic E-state index is -0.327. The van der Waals surface area contributed by atoms with Gasteiger partial charge in [-0.15, -0.1) is 0 Å². The van der Waals surface area contributed by atoms with Crippen LogP contribution in [0.4, 0.5) is 10.1 Å². The molecule has 0 atom stereocenters. The quantitative estimate of drug-likeness (QED) is 0.808. The summed E-state index contributed by atoms with van der Waals surface area (Å²) in [6.07, 6.45) is 0. The molecular formula is C14H9BrClFN2. The molecule has 2 aromatic carbocycles. The van der Waals surface area contributed by atoms with Gasteiger partial charge in [-0.1, -0.05) is 33.6 Å². The van der Waals surface area contributed by atoms with Gasteiger partial charge in [0.1, 0.15) is 11.7 Å². The molecule has 0 spiro atoms. The Hall–Kier alpha value is -1.39. The number of hydrogen-bond donors (Lipinski definition) is 1. The highest BCUT2D eigenvalue weighted by atomic mass is 79.9. The first kappa shape index (κ1) is 12.6. The van der Waals surface area contributed by atoms with Crippen molar-refractivity contribution in [2.75, 3.05) is 4.90 Å². The molecule has 0 amide bonds. The maximum absolute atomic E-state index is 13.2. The van der Waals surface area contributed by atoms with E-state index in [1.807, 2.05) is 12.1 Å². The van der Waals surface area contributed by atoms with Crippen LogP contribution in [0.1, 0.15) is 11.1 Å². The molecule has 0 aliphatic carbocycles. The van der Waals surface area contributed by atoms with Gasteiger partial charge in [-0.05, 0) is 35.9 Å². The van der Waals surface area contributed by atoms with Crippen molar-refractivity contribution in [2.24, 2.45) is 0 Å². The van der Waals surface area contributed by atoms with Gasteiger partial charge < -0.3 is 4.90 Å². The van der Waals surface area contributed by atoms with Crippen LogP contribution in [-0.2, 0) is 6.54 Å². The lowest BCUT2D eigenvalue weighted by Crippen LogP contribution is -2.23. The highest BCUT2D eigenvalue weighted by Crippen LogP contribution is 2.34. The molecule has 19 heavy (non-hydrogen) atoms. The zero-order chi connectivity index (χ0) is 13.6. The topological polar surface area (TPSA) is 27.1 Å². The normalized spacial score (nSPS) is 13.8. The summed E-state index contributed by atoms with van der Waals surface area (Å²) in [5.74, 6) is -0.0500. The van der Waals surface area contributed by atoms with E-state index in [9.17, 15) is 4.39 Å². The van der Waals surface area contributed by atoms with Gasteiger partial charge in [0.2, 0.25) is 0 Å². The van der Waals surface area contributed by atoms with Crippen LogP contribution in [0.15, 0.2) is 40.9 Å². The Labute approximate surface area is 123 Å². The maximum atomic E-state index is 13.2. The molecule has 1 heterocycles. The summed E-state index contributed by atoms with van der Waals surface area (Å²) < 4.78 is 14.1. The van der Waals surface area contributed by atoms with E-state index in [4.69, 9.17) is 17.0 Å². The Morgan fingerprint density at radius 3 is 2.74 bits per heavy atom. The fourth-order valence-electron chi connectivity index (χ4n) is 2.21. The Balaban J connectivity index is 2.04. The molecule has 3 rings (SSSR count). The lowest BCUT2D eigenvalue weighted by atomic mass is 10.1. The van der Waals surface area contributed by atoms with Gasteiger partial charge in [0.25, 0.3) is 0 Å². The van der Waals surface area contributed by atoms with E-state index in [0.29, 0.717) is 17.1 Å². The van der Waals surface area contributed by atoms with Crippen LogP contribution in [0.5, 0.6) is 0 Å². The second kappa shape index (κ2) is 4.62. The molecule has 0 saturated carbocycles. The smallest absolute Gasteiger partial charge is 0.133 e. The summed E-state index contributed by atoms with van der Waals surface area (Å²) in [6.45, 7) is 0.537. The monoisotopic (exact) mass is 338 g/mol. The van der Waals surface area contributed by atoms with E-state index in [-0.39, 0.29) is 11.7 Å². The highest BCUT2D eigenvalue weighted by molar-refractivity contribution is 9.10. The fraction of sp³-hybridized carbons (Fsp3) is 0.0714. The molecule has 2 aromatic rings. The summed E-state index contributed by atoms with van der Waals surface area (Å²) in [7, 11) is 0. The van der Waals surface area contributed by atoms with Crippen LogP contribution in [0.2, 0.25) is 5.02 Å². The first-order chi connectivity index (χ1) is 9.06. The Morgan fingerprint density at radius 1 is 1.21 bits per heavy atom. The van der Waals surface area contributed by atoms with Crippen LogP contribution in [0.3, 0.4) is 0 Å². The minimum Gasteiger partial charge on any atom is -0.320 e. The summed E-state index contributed by atoms with van der Waals surface area (Å²) in [4.78, 5) is 1.78. The molecule has 0 radical (unpaired) electrons. The molecule has 0 unspecified atom stereocenters. The fourth-order valence-corrected chi connectivity index (χ4v) is 2.98. The summed E-state index contributed by atoms with van der Waals surface area (Å²) in [6, 6.07) is 10.0. The van der Waals surface area contributed by atoms with Crippen molar-refractivity contribution in [2.45, 2.75) is 6.54 Å². The van der Waals surface area contributed by atoms with E-state index < -0.39 is 0 Å². The molecule has 1 aliphatic rings. The molecule has 5 heteroatoms. The first-order valence-corrected chi connectivity index (χ1v) is 6.83. The molecule has 0 aromatic heterocycles. The van der Waals surface area contributed by atoms with Crippen molar-refractivity contribution in [3.05, 3.63) is 62.8 Å². The molecule has 96 valence electrons. The zero-order valence-electron chi connectivity index (χ0n) is 9.75. The number of anilines is 1. The van der Waals surface area contributed by atoms with Gasteiger partial charge in [0.05, 0.1) is 17.3 Å². The van der Waals surface area contributed by atoms with Crippen molar-refractivity contribution in [1.82, 2.24) is 0 Å². The number of halogens is 3. The Morgan fingerprint density at radius 2 is 2.00 bits per heavy atom. The lowest BCUT2D eigenvalue weighted by molar-refractivity contribution is 0.627. The van der Waals surface area contributed by atoms with Gasteiger partial charge in [-0.25, -0.2) is 4.39 Å². The molecular weight excluding hydrogens is 331 g/mol. The van der Waals surface area contributed by atoms with E-state index in [1.54, 1.807) is 17.0 Å². The second-order valence-electron chi connectivity index (χ2n) is 4.33. The molecule has 0 saturated heterocycles. The van der Waals surface area contributed by atoms with Gasteiger partial charge in [-0.3, -0.25) is 5.41 Å². The zero-order valence-corrected chi connectivity index (χ0v) is 12.1. The van der Waals surface area contributed by atoms with Crippen molar-refractivity contribution < 1.29 is 4.39 Å². The number of rotatable bonds is 1. The average molecular weight is 340 g/mol. The van der Waals surface area contributed by atoms with Gasteiger partial charge in [0.15, 0.2) is 0 Å². The van der Waals surface area contributed by atoms with Crippen LogP contribution in [0.25, 0.3) is 0 Å². The maximum Gasteiger partial charge on any atom is 0.133 e. The molecule has 1 N–H and O–H groups in total. The highest BCUT2D eigenvalue weighted by Gasteiger charge is 2.27. The third kappa shape index (κ3) is 2.15. The van der Waals surface area contributed by atoms with Crippen LogP contribution < -0.4 is 4.90 Å². The van der Waals surface area contributed by atoms with Crippen LogP contribution in [0, 0.1) is 11.2 Å². The lowest BCUT2D eigenvalue weighted by Gasteiger charge is -2.19.